The van der Waals surface area contributed by atoms with Gasteiger partial charge in [-0.05, 0) is 61.4 Å². The Kier molecular flexibility index (Phi) is 12.7. The third-order valence-corrected chi connectivity index (χ3v) is 6.63. The van der Waals surface area contributed by atoms with E-state index in [-0.39, 0.29) is 5.82 Å². The summed E-state index contributed by atoms with van der Waals surface area (Å²) in [6.45, 7) is 10.3. The van der Waals surface area contributed by atoms with Crippen LogP contribution in [0.25, 0.3) is 0 Å². The van der Waals surface area contributed by atoms with E-state index in [2.05, 4.69) is 42.8 Å². The number of methoxy groups -OCH3 is 2. The second-order valence-corrected chi connectivity index (χ2v) is 9.24. The molecule has 1 N–H and O–H groups in total. The number of ether oxygens (including phenoxy) is 2. The summed E-state index contributed by atoms with van der Waals surface area (Å²) in [5.41, 5.74) is 6.35. The van der Waals surface area contributed by atoms with Crippen LogP contribution < -0.4 is 5.32 Å². The first kappa shape index (κ1) is 29.9. The van der Waals surface area contributed by atoms with Crippen molar-refractivity contribution in [1.29, 1.82) is 5.26 Å². The summed E-state index contributed by atoms with van der Waals surface area (Å²) in [5.74, 6) is 1.63. The molecular formula is C31H42FN3O2. The van der Waals surface area contributed by atoms with Gasteiger partial charge in [0.15, 0.2) is 5.76 Å². The first-order chi connectivity index (χ1) is 17.9. The van der Waals surface area contributed by atoms with Gasteiger partial charge in [0.25, 0.3) is 0 Å². The van der Waals surface area contributed by atoms with Gasteiger partial charge in [-0.15, -0.1) is 6.58 Å². The largest absolute Gasteiger partial charge is 0.497 e. The molecule has 1 aliphatic heterocycles. The summed E-state index contributed by atoms with van der Waals surface area (Å²) >= 11 is 0. The van der Waals surface area contributed by atoms with Crippen LogP contribution in [0.3, 0.4) is 0 Å². The zero-order valence-corrected chi connectivity index (χ0v) is 23.1. The maximum absolute atomic E-state index is 13.4. The number of hydrogen-bond acceptors (Lipinski definition) is 5. The lowest BCUT2D eigenvalue weighted by Crippen LogP contribution is -2.32. The lowest BCUT2D eigenvalue weighted by atomic mass is 9.93. The van der Waals surface area contributed by atoms with Crippen LogP contribution in [0.15, 0.2) is 82.5 Å². The highest BCUT2D eigenvalue weighted by molar-refractivity contribution is 5.49. The number of hydrogen-bond donors (Lipinski definition) is 1. The quantitative estimate of drug-likeness (QED) is 0.275. The van der Waals surface area contributed by atoms with E-state index in [0.717, 1.165) is 85.5 Å². The van der Waals surface area contributed by atoms with Gasteiger partial charge in [0.1, 0.15) is 17.6 Å². The molecule has 1 heterocycles. The molecule has 0 radical (unpaired) electrons. The molecule has 2 aliphatic rings. The summed E-state index contributed by atoms with van der Waals surface area (Å²) in [4.78, 5) is 2.29. The Hall–Kier alpha value is -3.30. The van der Waals surface area contributed by atoms with Crippen molar-refractivity contribution in [2.24, 2.45) is 0 Å². The molecule has 0 atom stereocenters. The van der Waals surface area contributed by atoms with Crippen LogP contribution >= 0.6 is 0 Å². The Bertz CT molecular complexity index is 1090. The van der Waals surface area contributed by atoms with Crippen LogP contribution in [0.4, 0.5) is 4.39 Å². The maximum Gasteiger partial charge on any atom is 0.159 e. The molecule has 200 valence electrons. The van der Waals surface area contributed by atoms with Gasteiger partial charge in [0, 0.05) is 38.8 Å². The molecule has 0 aromatic heterocycles. The second-order valence-electron chi connectivity index (χ2n) is 9.24. The van der Waals surface area contributed by atoms with Gasteiger partial charge in [-0.1, -0.05) is 43.2 Å². The van der Waals surface area contributed by atoms with Crippen LogP contribution in [0.1, 0.15) is 57.9 Å². The molecule has 1 aromatic carbocycles. The number of rotatable bonds is 10. The van der Waals surface area contributed by atoms with Crippen molar-refractivity contribution in [3.8, 4) is 6.07 Å². The predicted molar refractivity (Wildman–Crippen MR) is 149 cm³/mol. The van der Waals surface area contributed by atoms with Crippen LogP contribution in [0, 0.1) is 17.1 Å². The highest BCUT2D eigenvalue weighted by atomic mass is 19.1. The van der Waals surface area contributed by atoms with Crippen molar-refractivity contribution in [2.75, 3.05) is 34.4 Å². The van der Waals surface area contributed by atoms with Gasteiger partial charge in [0.2, 0.25) is 0 Å². The molecule has 6 heteroatoms. The van der Waals surface area contributed by atoms with E-state index in [9.17, 15) is 9.65 Å². The molecule has 0 spiro atoms. The lowest BCUT2D eigenvalue weighted by molar-refractivity contribution is 0.214. The molecule has 0 amide bonds. The predicted octanol–water partition coefficient (Wildman–Crippen LogP) is 6.93. The summed E-state index contributed by atoms with van der Waals surface area (Å²) in [6.07, 6.45) is 9.68. The number of nitrogens with zero attached hydrogens (tertiary/aromatic N) is 2. The Morgan fingerprint density at radius 1 is 1.27 bits per heavy atom. The molecule has 5 nitrogen and oxygen atoms in total. The van der Waals surface area contributed by atoms with Gasteiger partial charge in [-0.25, -0.2) is 4.39 Å². The summed E-state index contributed by atoms with van der Waals surface area (Å²) in [6, 6.07) is 9.15. The van der Waals surface area contributed by atoms with Gasteiger partial charge in [-0.3, -0.25) is 4.90 Å². The number of halogens is 1. The zero-order valence-electron chi connectivity index (χ0n) is 23.1. The Morgan fingerprint density at radius 3 is 2.65 bits per heavy atom. The van der Waals surface area contributed by atoms with E-state index < -0.39 is 0 Å². The molecule has 3 rings (SSSR count). The molecule has 1 aromatic rings. The van der Waals surface area contributed by atoms with E-state index in [0.29, 0.717) is 6.54 Å². The molecule has 0 fully saturated rings. The smallest absolute Gasteiger partial charge is 0.159 e. The van der Waals surface area contributed by atoms with E-state index in [1.165, 1.54) is 17.2 Å². The fourth-order valence-electron chi connectivity index (χ4n) is 4.71. The Balaban J connectivity index is 0.000000312. The minimum absolute atomic E-state index is 0.200. The molecule has 0 saturated heterocycles. The van der Waals surface area contributed by atoms with Gasteiger partial charge in [-0.2, -0.15) is 5.26 Å². The Morgan fingerprint density at radius 2 is 2.05 bits per heavy atom. The normalized spacial score (nSPS) is 16.6. The van der Waals surface area contributed by atoms with E-state index >= 15 is 0 Å². The van der Waals surface area contributed by atoms with Crippen molar-refractivity contribution in [3.63, 3.8) is 0 Å². The molecule has 1 aliphatic carbocycles. The lowest BCUT2D eigenvalue weighted by Gasteiger charge is -2.30. The molecular weight excluding hydrogens is 465 g/mol. The van der Waals surface area contributed by atoms with Crippen LogP contribution in [0.5, 0.6) is 0 Å². The fourth-order valence-corrected chi connectivity index (χ4v) is 4.71. The summed E-state index contributed by atoms with van der Waals surface area (Å²) < 4.78 is 23.9. The van der Waals surface area contributed by atoms with Crippen LogP contribution in [0.2, 0.25) is 0 Å². The standard InChI is InChI=1S/C20H26FN3.C11H16O2/c1-4-6-20(23-3)18(12-22)19-14-24(10-9-15(19)2)13-16-7-5-8-17(21)11-16;1-4-6-9-7-5-8-10(12-2)11(9)13-3/h5,7-8,11,23H,4,6,9-10,13-14H2,1-3H3;4,7H,1,5-6,8H2,2-3H3/b20-18+;. The molecule has 0 bridgehead atoms. The maximum atomic E-state index is 13.4. The van der Waals surface area contributed by atoms with E-state index in [1.54, 1.807) is 26.4 Å². The topological polar surface area (TPSA) is 57.5 Å². The van der Waals surface area contributed by atoms with E-state index in [4.69, 9.17) is 9.47 Å². The fraction of sp³-hybridized carbons (Fsp3) is 0.452. The first-order valence-electron chi connectivity index (χ1n) is 13.0. The second kappa shape index (κ2) is 15.7. The average molecular weight is 508 g/mol. The first-order valence-corrected chi connectivity index (χ1v) is 13.0. The van der Waals surface area contributed by atoms with Crippen molar-refractivity contribution in [1.82, 2.24) is 10.2 Å². The van der Waals surface area contributed by atoms with Gasteiger partial charge < -0.3 is 14.8 Å². The average Bonchev–Trinajstić information content (AvgIpc) is 2.90. The molecule has 0 saturated carbocycles. The SMILES string of the molecule is C=CCC1=CCCC(OC)=C1OC.CCC/C(NC)=C(/C#N)C1=C(C)CCN(Cc2cccc(F)c2)C1. The minimum Gasteiger partial charge on any atom is -0.497 e. The number of nitrogens with one attached hydrogen (secondary N) is 1. The third kappa shape index (κ3) is 8.65. The number of nitriles is 1. The summed E-state index contributed by atoms with van der Waals surface area (Å²) in [5, 5.41) is 12.9. The number of benzene rings is 1. The van der Waals surface area contributed by atoms with Crippen molar-refractivity contribution in [3.05, 3.63) is 93.9 Å². The van der Waals surface area contributed by atoms with Crippen molar-refractivity contribution < 1.29 is 13.9 Å². The third-order valence-electron chi connectivity index (χ3n) is 6.63. The molecule has 37 heavy (non-hydrogen) atoms. The molecule has 0 unspecified atom stereocenters. The van der Waals surface area contributed by atoms with Gasteiger partial charge >= 0.3 is 0 Å². The van der Waals surface area contributed by atoms with Gasteiger partial charge in [0.05, 0.1) is 19.8 Å². The monoisotopic (exact) mass is 507 g/mol. The van der Waals surface area contributed by atoms with Crippen molar-refractivity contribution in [2.45, 2.75) is 58.9 Å². The van der Waals surface area contributed by atoms with Crippen LogP contribution in [-0.2, 0) is 16.0 Å². The highest BCUT2D eigenvalue weighted by Gasteiger charge is 2.22. The summed E-state index contributed by atoms with van der Waals surface area (Å²) in [7, 11) is 5.24. The van der Waals surface area contributed by atoms with Crippen molar-refractivity contribution >= 4 is 0 Å². The van der Waals surface area contributed by atoms with E-state index in [1.807, 2.05) is 19.2 Å². The van der Waals surface area contributed by atoms with Crippen LogP contribution in [-0.4, -0.2) is 39.3 Å². The zero-order chi connectivity index (χ0) is 27.2. The Labute approximate surface area is 222 Å². The number of allylic oxidation sites excluding steroid dienone is 5. The minimum atomic E-state index is -0.200. The highest BCUT2D eigenvalue weighted by Crippen LogP contribution is 2.29.